The molecule has 1 amide bonds. The number of amides is 1. The van der Waals surface area contributed by atoms with E-state index in [0.717, 1.165) is 46.9 Å². The van der Waals surface area contributed by atoms with Gasteiger partial charge >= 0.3 is 0 Å². The van der Waals surface area contributed by atoms with Gasteiger partial charge in [0.05, 0.1) is 18.8 Å². The lowest BCUT2D eigenvalue weighted by atomic mass is 9.81. The summed E-state index contributed by atoms with van der Waals surface area (Å²) in [6, 6.07) is 11.1. The van der Waals surface area contributed by atoms with Crippen LogP contribution in [0.15, 0.2) is 40.0 Å². The van der Waals surface area contributed by atoms with Gasteiger partial charge in [-0.1, -0.05) is 18.2 Å². The van der Waals surface area contributed by atoms with Crippen molar-refractivity contribution >= 4 is 28.6 Å². The number of nitrogens with zero attached hydrogens (tertiary/aromatic N) is 1. The Morgan fingerprint density at radius 2 is 1.92 bits per heavy atom. The number of nitrogens with one attached hydrogen (secondary N) is 3. The Morgan fingerprint density at radius 3 is 2.61 bits per heavy atom. The molecular weight excluding hydrogens is 496 g/mol. The maximum atomic E-state index is 13.6. The van der Waals surface area contributed by atoms with Gasteiger partial charge in [0.25, 0.3) is 11.5 Å². The zero-order valence-electron chi connectivity index (χ0n) is 22.9. The summed E-state index contributed by atoms with van der Waals surface area (Å²) in [6.07, 6.45) is 6.70. The van der Waals surface area contributed by atoms with Gasteiger partial charge in [0.1, 0.15) is 0 Å². The van der Waals surface area contributed by atoms with E-state index < -0.39 is 0 Å². The smallest absolute Gasteiger partial charge is 0.254 e. The maximum Gasteiger partial charge on any atom is 0.254 e. The second kappa shape index (κ2) is 11.7. The first-order valence-corrected chi connectivity index (χ1v) is 15.1. The first kappa shape index (κ1) is 27.0. The van der Waals surface area contributed by atoms with E-state index in [9.17, 15) is 9.59 Å². The molecule has 0 radical (unpaired) electrons. The number of carbonyl (C=O) groups excluding carboxylic acids is 1. The van der Waals surface area contributed by atoms with E-state index in [2.05, 4.69) is 40.1 Å². The average molecular weight is 537 g/mol. The standard InChI is InChI=1S/C30H40N4O3S/c1-18-13-27(38-4)25(29(35)33-18)15-32-30(36)28-20(3)34(26-8-6-5-7-24(26)28)19(2)22-9-11-23(12-10-22)31-14-21-16-37-17-21/h5-8,13,19,21-23,31H,9-12,14-17H2,1-4H3,(H,32,36)(H,33,35)/t19-,22?,23?/m1/s1. The SMILES string of the molecule is CSc1cc(C)[nH]c(=O)c1CNC(=O)c1c(C)n([C@H](C)C2CCC(NCC3COC3)CC2)c2ccccc12. The van der Waals surface area contributed by atoms with E-state index in [1.807, 2.05) is 37.4 Å². The molecule has 1 aromatic carbocycles. The van der Waals surface area contributed by atoms with Crippen molar-refractivity contribution in [3.05, 3.63) is 63.2 Å². The molecule has 3 heterocycles. The number of pyridine rings is 1. The van der Waals surface area contributed by atoms with Crippen molar-refractivity contribution in [3.63, 3.8) is 0 Å². The molecule has 1 saturated heterocycles. The Balaban J connectivity index is 1.33. The molecular formula is C30H40N4O3S. The van der Waals surface area contributed by atoms with Crippen LogP contribution < -0.4 is 16.2 Å². The fraction of sp³-hybridized carbons (Fsp3) is 0.533. The van der Waals surface area contributed by atoms with Crippen LogP contribution in [0.3, 0.4) is 0 Å². The number of aromatic nitrogens is 2. The minimum absolute atomic E-state index is 0.135. The molecule has 1 aliphatic heterocycles. The summed E-state index contributed by atoms with van der Waals surface area (Å²) >= 11 is 1.52. The number of fused-ring (bicyclic) bond motifs is 1. The normalized spacial score (nSPS) is 20.8. The Hall–Kier alpha value is -2.55. The Labute approximate surface area is 229 Å². The van der Waals surface area contributed by atoms with Gasteiger partial charge in [-0.05, 0) is 70.8 Å². The molecule has 8 heteroatoms. The van der Waals surface area contributed by atoms with Gasteiger partial charge in [0, 0.05) is 63.8 Å². The molecule has 2 aliphatic rings. The van der Waals surface area contributed by atoms with Crippen molar-refractivity contribution in [2.24, 2.45) is 11.8 Å². The summed E-state index contributed by atoms with van der Waals surface area (Å²) in [5.41, 5.74) is 4.07. The van der Waals surface area contributed by atoms with Crippen molar-refractivity contribution in [2.75, 3.05) is 26.0 Å². The van der Waals surface area contributed by atoms with Gasteiger partial charge in [-0.25, -0.2) is 0 Å². The highest BCUT2D eigenvalue weighted by atomic mass is 32.2. The van der Waals surface area contributed by atoms with Gasteiger partial charge in [0.2, 0.25) is 0 Å². The van der Waals surface area contributed by atoms with E-state index in [1.54, 1.807) is 0 Å². The van der Waals surface area contributed by atoms with Crippen LogP contribution >= 0.6 is 11.8 Å². The zero-order chi connectivity index (χ0) is 26.8. The number of hydrogen-bond acceptors (Lipinski definition) is 5. The third kappa shape index (κ3) is 5.44. The number of aryl methyl sites for hydroxylation is 1. The minimum Gasteiger partial charge on any atom is -0.381 e. The molecule has 1 saturated carbocycles. The predicted molar refractivity (Wildman–Crippen MR) is 154 cm³/mol. The molecule has 7 nitrogen and oxygen atoms in total. The molecule has 3 N–H and O–H groups in total. The van der Waals surface area contributed by atoms with Crippen LogP contribution in [-0.2, 0) is 11.3 Å². The second-order valence-corrected chi connectivity index (χ2v) is 11.9. The van der Waals surface area contributed by atoms with E-state index in [4.69, 9.17) is 4.74 Å². The van der Waals surface area contributed by atoms with Crippen LogP contribution in [0, 0.1) is 25.7 Å². The first-order valence-electron chi connectivity index (χ1n) is 13.8. The summed E-state index contributed by atoms with van der Waals surface area (Å²) in [6.45, 7) is 9.30. The van der Waals surface area contributed by atoms with Crippen LogP contribution in [-0.4, -0.2) is 47.5 Å². The van der Waals surface area contributed by atoms with Crippen LogP contribution in [0.4, 0.5) is 0 Å². The number of benzene rings is 1. The van der Waals surface area contributed by atoms with Gasteiger partial charge in [-0.2, -0.15) is 0 Å². The Bertz CT molecular complexity index is 1350. The minimum atomic E-state index is -0.145. The zero-order valence-corrected chi connectivity index (χ0v) is 23.7. The summed E-state index contributed by atoms with van der Waals surface area (Å²) in [5.74, 6) is 1.12. The van der Waals surface area contributed by atoms with Gasteiger partial charge in [-0.15, -0.1) is 11.8 Å². The fourth-order valence-corrected chi connectivity index (χ4v) is 6.95. The number of hydrogen-bond donors (Lipinski definition) is 3. The third-order valence-corrected chi connectivity index (χ3v) is 9.33. The molecule has 0 spiro atoms. The molecule has 3 aromatic rings. The summed E-state index contributed by atoms with van der Waals surface area (Å²) in [4.78, 5) is 29.9. The van der Waals surface area contributed by atoms with E-state index in [0.29, 0.717) is 35.0 Å². The molecule has 1 aliphatic carbocycles. The van der Waals surface area contributed by atoms with E-state index in [1.165, 1.54) is 37.4 Å². The molecule has 38 heavy (non-hydrogen) atoms. The lowest BCUT2D eigenvalue weighted by Gasteiger charge is -2.35. The number of ether oxygens (including phenoxy) is 1. The predicted octanol–water partition coefficient (Wildman–Crippen LogP) is 4.95. The van der Waals surface area contributed by atoms with Crippen molar-refractivity contribution < 1.29 is 9.53 Å². The summed E-state index contributed by atoms with van der Waals surface area (Å²) in [5, 5.41) is 7.78. The highest BCUT2D eigenvalue weighted by Gasteiger charge is 2.30. The monoisotopic (exact) mass is 536 g/mol. The van der Waals surface area contributed by atoms with Crippen molar-refractivity contribution in [1.29, 1.82) is 0 Å². The highest BCUT2D eigenvalue weighted by Crippen LogP contribution is 2.38. The first-order chi connectivity index (χ1) is 18.4. The second-order valence-electron chi connectivity index (χ2n) is 11.0. The molecule has 2 fully saturated rings. The number of rotatable bonds is 9. The highest BCUT2D eigenvalue weighted by molar-refractivity contribution is 7.98. The molecule has 2 aromatic heterocycles. The third-order valence-electron chi connectivity index (χ3n) is 8.52. The van der Waals surface area contributed by atoms with E-state index in [-0.39, 0.29) is 18.0 Å². The Kier molecular flexibility index (Phi) is 8.31. The van der Waals surface area contributed by atoms with Crippen molar-refractivity contribution in [2.45, 2.75) is 70.0 Å². The summed E-state index contributed by atoms with van der Waals surface area (Å²) in [7, 11) is 0. The van der Waals surface area contributed by atoms with Crippen molar-refractivity contribution in [1.82, 2.24) is 20.2 Å². The van der Waals surface area contributed by atoms with Crippen LogP contribution in [0.2, 0.25) is 0 Å². The van der Waals surface area contributed by atoms with Gasteiger partial charge < -0.3 is 24.9 Å². The van der Waals surface area contributed by atoms with Crippen LogP contribution in [0.25, 0.3) is 10.9 Å². The molecule has 0 bridgehead atoms. The quantitative estimate of drug-likeness (QED) is 0.337. The van der Waals surface area contributed by atoms with Crippen molar-refractivity contribution in [3.8, 4) is 0 Å². The molecule has 1 atom stereocenters. The maximum absolute atomic E-state index is 13.6. The lowest BCUT2D eigenvalue weighted by Crippen LogP contribution is -2.42. The lowest BCUT2D eigenvalue weighted by molar-refractivity contribution is -0.0323. The number of carbonyl (C=O) groups is 1. The molecule has 0 unspecified atom stereocenters. The van der Waals surface area contributed by atoms with Gasteiger partial charge in [-0.3, -0.25) is 9.59 Å². The average Bonchev–Trinajstić information content (AvgIpc) is 3.18. The fourth-order valence-electron chi connectivity index (χ4n) is 6.25. The molecule has 5 rings (SSSR count). The Morgan fingerprint density at radius 1 is 1.18 bits per heavy atom. The number of para-hydroxylation sites is 1. The topological polar surface area (TPSA) is 88.2 Å². The largest absolute Gasteiger partial charge is 0.381 e. The number of aromatic amines is 1. The van der Waals surface area contributed by atoms with Gasteiger partial charge in [0.15, 0.2) is 0 Å². The number of H-pyrrole nitrogens is 1. The summed E-state index contributed by atoms with van der Waals surface area (Å²) < 4.78 is 7.68. The molecule has 204 valence electrons. The van der Waals surface area contributed by atoms with Crippen LogP contribution in [0.1, 0.15) is 66.0 Å². The number of thioether (sulfide) groups is 1. The van der Waals surface area contributed by atoms with E-state index >= 15 is 0 Å². The van der Waals surface area contributed by atoms with Crippen LogP contribution in [0.5, 0.6) is 0 Å².